The molecule has 4 rings (SSSR count). The van der Waals surface area contributed by atoms with Crippen LogP contribution < -0.4 is 10.6 Å². The van der Waals surface area contributed by atoms with Gasteiger partial charge in [0.15, 0.2) is 0 Å². The summed E-state index contributed by atoms with van der Waals surface area (Å²) in [5.41, 5.74) is 10.2. The van der Waals surface area contributed by atoms with Crippen molar-refractivity contribution >= 4 is 46.1 Å². The maximum absolute atomic E-state index is 6.63. The smallest absolute Gasteiger partial charge is 0.111 e. The van der Waals surface area contributed by atoms with Gasteiger partial charge in [-0.2, -0.15) is 0 Å². The molecular weight excluding hydrogens is 473 g/mol. The summed E-state index contributed by atoms with van der Waals surface area (Å²) in [7, 11) is 0. The molecule has 0 amide bonds. The molecule has 2 unspecified atom stereocenters. The summed E-state index contributed by atoms with van der Waals surface area (Å²) in [4.78, 5) is 4.73. The zero-order valence-electron chi connectivity index (χ0n) is 20.7. The molecule has 0 fully saturated rings. The van der Waals surface area contributed by atoms with Gasteiger partial charge in [-0.1, -0.05) is 66.2 Å². The molecule has 2 atom stereocenters. The maximum Gasteiger partial charge on any atom is 0.111 e. The van der Waals surface area contributed by atoms with Crippen LogP contribution in [-0.2, 0) is 6.42 Å². The van der Waals surface area contributed by atoms with Crippen LogP contribution in [-0.4, -0.2) is 11.2 Å². The Morgan fingerprint density at radius 1 is 0.914 bits per heavy atom. The molecule has 0 saturated carbocycles. The fourth-order valence-electron chi connectivity index (χ4n) is 4.64. The summed E-state index contributed by atoms with van der Waals surface area (Å²) in [5.74, 6) is 0.811. The van der Waals surface area contributed by atoms with Gasteiger partial charge in [-0.25, -0.2) is 4.99 Å². The lowest BCUT2D eigenvalue weighted by Gasteiger charge is -2.25. The normalized spacial score (nSPS) is 14.1. The van der Waals surface area contributed by atoms with Crippen LogP contribution >= 0.6 is 23.2 Å². The van der Waals surface area contributed by atoms with E-state index in [-0.39, 0.29) is 11.3 Å². The van der Waals surface area contributed by atoms with Gasteiger partial charge in [-0.15, -0.1) is 11.6 Å². The lowest BCUT2D eigenvalue weighted by molar-refractivity contribution is 0.773. The number of anilines is 1. The van der Waals surface area contributed by atoms with E-state index in [1.807, 2.05) is 25.1 Å². The van der Waals surface area contributed by atoms with E-state index in [1.165, 1.54) is 22.3 Å². The Balaban J connectivity index is 1.52. The van der Waals surface area contributed by atoms with Crippen molar-refractivity contribution in [3.05, 3.63) is 112 Å². The second kappa shape index (κ2) is 10.3. The standard InChI is InChI=1S/C30H31Cl2N3/c1-17-7-8-23-15-29(35-28(23)14-17)34-21(5)26-16-25(9-10-27(26)32)33-22(6)30(20(4)31)24-12-18(2)11-19(3)13-24/h7-14,16,20,30,33H,5-6,15H2,1-4H3,(H,34,35). The van der Waals surface area contributed by atoms with Gasteiger partial charge in [0.2, 0.25) is 0 Å². The number of aliphatic imine (C=N–C) groups is 1. The van der Waals surface area contributed by atoms with Crippen molar-refractivity contribution in [2.75, 3.05) is 5.32 Å². The second-order valence-corrected chi connectivity index (χ2v) is 10.5. The van der Waals surface area contributed by atoms with Crippen molar-refractivity contribution < 1.29 is 0 Å². The minimum absolute atomic E-state index is 0.0504. The molecule has 35 heavy (non-hydrogen) atoms. The van der Waals surface area contributed by atoms with Crippen molar-refractivity contribution in [3.8, 4) is 0 Å². The van der Waals surface area contributed by atoms with Gasteiger partial charge in [0, 0.05) is 40.4 Å². The lowest BCUT2D eigenvalue weighted by Crippen LogP contribution is -2.21. The Hall–Kier alpha value is -3.01. The molecule has 3 nitrogen and oxygen atoms in total. The zero-order chi connectivity index (χ0) is 25.3. The zero-order valence-corrected chi connectivity index (χ0v) is 22.2. The van der Waals surface area contributed by atoms with E-state index in [9.17, 15) is 0 Å². The number of nitrogens with zero attached hydrogens (tertiary/aromatic N) is 1. The van der Waals surface area contributed by atoms with Crippen LogP contribution in [0.5, 0.6) is 0 Å². The molecule has 0 radical (unpaired) electrons. The van der Waals surface area contributed by atoms with Crippen molar-refractivity contribution in [1.82, 2.24) is 5.32 Å². The molecule has 180 valence electrons. The van der Waals surface area contributed by atoms with Crippen LogP contribution in [0.25, 0.3) is 5.70 Å². The summed E-state index contributed by atoms with van der Waals surface area (Å²) in [6.07, 6.45) is 0.742. The summed E-state index contributed by atoms with van der Waals surface area (Å²) in [5, 5.41) is 7.30. The predicted molar refractivity (Wildman–Crippen MR) is 152 cm³/mol. The number of rotatable bonds is 7. The molecule has 0 spiro atoms. The Labute approximate surface area is 218 Å². The first-order valence-electron chi connectivity index (χ1n) is 11.7. The third kappa shape index (κ3) is 5.80. The van der Waals surface area contributed by atoms with E-state index in [0.717, 1.165) is 40.5 Å². The molecule has 2 N–H and O–H groups in total. The number of allylic oxidation sites excluding steroid dienone is 1. The number of amidine groups is 1. The van der Waals surface area contributed by atoms with Crippen LogP contribution in [0.1, 0.15) is 46.2 Å². The number of hydrogen-bond donors (Lipinski definition) is 2. The molecule has 0 bridgehead atoms. The van der Waals surface area contributed by atoms with E-state index >= 15 is 0 Å². The Bertz CT molecular complexity index is 1320. The fraction of sp³-hybridized carbons (Fsp3) is 0.233. The van der Waals surface area contributed by atoms with E-state index in [4.69, 9.17) is 28.2 Å². The minimum atomic E-state index is -0.134. The van der Waals surface area contributed by atoms with Gasteiger partial charge in [0.1, 0.15) is 5.84 Å². The van der Waals surface area contributed by atoms with E-state index in [2.05, 4.69) is 81.0 Å². The van der Waals surface area contributed by atoms with Gasteiger partial charge in [-0.3, -0.25) is 0 Å². The highest BCUT2D eigenvalue weighted by Gasteiger charge is 2.22. The largest absolute Gasteiger partial charge is 0.359 e. The Morgan fingerprint density at radius 2 is 1.63 bits per heavy atom. The lowest BCUT2D eigenvalue weighted by atomic mass is 9.90. The van der Waals surface area contributed by atoms with Crippen molar-refractivity contribution in [3.63, 3.8) is 0 Å². The highest BCUT2D eigenvalue weighted by molar-refractivity contribution is 6.32. The number of hydrogen-bond acceptors (Lipinski definition) is 3. The minimum Gasteiger partial charge on any atom is -0.359 e. The van der Waals surface area contributed by atoms with Crippen LogP contribution in [0, 0.1) is 20.8 Å². The Kier molecular flexibility index (Phi) is 7.39. The van der Waals surface area contributed by atoms with Gasteiger partial charge >= 0.3 is 0 Å². The topological polar surface area (TPSA) is 36.4 Å². The SMILES string of the molecule is C=C(NC1=Nc2cc(C)ccc2C1)c1cc(NC(=C)C(c2cc(C)cc(C)c2)C(C)Cl)ccc1Cl. The predicted octanol–water partition coefficient (Wildman–Crippen LogP) is 8.45. The van der Waals surface area contributed by atoms with Gasteiger partial charge in [0.25, 0.3) is 0 Å². The van der Waals surface area contributed by atoms with Crippen LogP contribution in [0.15, 0.2) is 78.4 Å². The molecule has 1 heterocycles. The maximum atomic E-state index is 6.63. The molecule has 0 aromatic heterocycles. The summed E-state index contributed by atoms with van der Waals surface area (Å²) in [6, 6.07) is 18.6. The highest BCUT2D eigenvalue weighted by atomic mass is 35.5. The molecule has 0 saturated heterocycles. The number of benzene rings is 3. The third-order valence-corrected chi connectivity index (χ3v) is 6.77. The van der Waals surface area contributed by atoms with Gasteiger partial charge in [0.05, 0.1) is 10.7 Å². The van der Waals surface area contributed by atoms with Crippen molar-refractivity contribution in [2.45, 2.75) is 45.4 Å². The van der Waals surface area contributed by atoms with E-state index < -0.39 is 0 Å². The summed E-state index contributed by atoms with van der Waals surface area (Å²) in [6.45, 7) is 16.8. The molecular formula is C30H31Cl2N3. The van der Waals surface area contributed by atoms with Crippen LogP contribution in [0.3, 0.4) is 0 Å². The van der Waals surface area contributed by atoms with Gasteiger partial charge in [-0.05, 0) is 68.7 Å². The first-order valence-corrected chi connectivity index (χ1v) is 12.5. The molecule has 3 aromatic rings. The second-order valence-electron chi connectivity index (χ2n) is 9.39. The molecule has 5 heteroatoms. The number of fused-ring (bicyclic) bond motifs is 1. The summed E-state index contributed by atoms with van der Waals surface area (Å²) >= 11 is 13.2. The van der Waals surface area contributed by atoms with Crippen LogP contribution in [0.2, 0.25) is 5.02 Å². The quantitative estimate of drug-likeness (QED) is 0.317. The number of alkyl halides is 1. The Morgan fingerprint density at radius 3 is 2.31 bits per heavy atom. The average Bonchev–Trinajstić information content (AvgIpc) is 3.15. The van der Waals surface area contributed by atoms with Crippen molar-refractivity contribution in [1.29, 1.82) is 0 Å². The number of nitrogens with one attached hydrogen (secondary N) is 2. The first-order chi connectivity index (χ1) is 16.6. The van der Waals surface area contributed by atoms with Gasteiger partial charge < -0.3 is 10.6 Å². The molecule has 0 aliphatic carbocycles. The molecule has 1 aliphatic heterocycles. The number of aryl methyl sites for hydroxylation is 3. The molecule has 1 aliphatic rings. The number of halogens is 2. The van der Waals surface area contributed by atoms with Crippen molar-refractivity contribution in [2.24, 2.45) is 4.99 Å². The third-order valence-electron chi connectivity index (χ3n) is 6.18. The van der Waals surface area contributed by atoms with E-state index in [0.29, 0.717) is 10.7 Å². The summed E-state index contributed by atoms with van der Waals surface area (Å²) < 4.78 is 0. The molecule has 3 aromatic carbocycles. The van der Waals surface area contributed by atoms with Crippen LogP contribution in [0.4, 0.5) is 11.4 Å². The average molecular weight is 505 g/mol. The highest BCUT2D eigenvalue weighted by Crippen LogP contribution is 2.34. The van der Waals surface area contributed by atoms with E-state index in [1.54, 1.807) is 0 Å². The fourth-order valence-corrected chi connectivity index (χ4v) is 5.17. The first kappa shape index (κ1) is 25.1. The monoisotopic (exact) mass is 503 g/mol.